The summed E-state index contributed by atoms with van der Waals surface area (Å²) in [7, 11) is 1.61. The summed E-state index contributed by atoms with van der Waals surface area (Å²) < 4.78 is 10.6. The van der Waals surface area contributed by atoms with Gasteiger partial charge in [0.25, 0.3) is 0 Å². The van der Waals surface area contributed by atoms with Crippen LogP contribution in [0.25, 0.3) is 11.3 Å². The number of fused-ring (bicyclic) bond motifs is 1. The molecule has 3 atom stereocenters. The second-order valence-electron chi connectivity index (χ2n) is 9.00. The average molecular weight is 410 g/mol. The fourth-order valence-corrected chi connectivity index (χ4v) is 5.38. The molecule has 2 aliphatic heterocycles. The molecule has 160 valence electrons. The van der Waals surface area contributed by atoms with Crippen LogP contribution in [0, 0.1) is 17.8 Å². The third-order valence-electron chi connectivity index (χ3n) is 6.94. The number of nitrogens with zero attached hydrogens (tertiary/aromatic N) is 4. The van der Waals surface area contributed by atoms with E-state index < -0.39 is 0 Å². The zero-order chi connectivity index (χ0) is 20.3. The first-order valence-electron chi connectivity index (χ1n) is 11.2. The number of rotatable bonds is 6. The lowest BCUT2D eigenvalue weighted by atomic mass is 10.00. The number of hydrogen-bond donors (Lipinski definition) is 1. The summed E-state index contributed by atoms with van der Waals surface area (Å²) in [5, 5.41) is 12.4. The number of aromatic nitrogens is 3. The molecule has 7 nitrogen and oxygen atoms in total. The maximum atomic E-state index is 5.51. The summed E-state index contributed by atoms with van der Waals surface area (Å²) in [6.45, 7) is 5.69. The Hall–Kier alpha value is -2.25. The van der Waals surface area contributed by atoms with E-state index >= 15 is 0 Å². The fourth-order valence-electron chi connectivity index (χ4n) is 5.38. The molecule has 2 aromatic rings. The van der Waals surface area contributed by atoms with Crippen molar-refractivity contribution in [2.45, 2.75) is 31.7 Å². The third-order valence-corrected chi connectivity index (χ3v) is 6.94. The summed E-state index contributed by atoms with van der Waals surface area (Å²) >= 11 is 0. The van der Waals surface area contributed by atoms with Crippen LogP contribution >= 0.6 is 0 Å². The number of pyridine rings is 1. The van der Waals surface area contributed by atoms with Crippen LogP contribution in [0.2, 0.25) is 0 Å². The quantitative estimate of drug-likeness (QED) is 0.786. The Morgan fingerprint density at radius 1 is 1.07 bits per heavy atom. The zero-order valence-electron chi connectivity index (χ0n) is 17.7. The Morgan fingerprint density at radius 2 is 1.87 bits per heavy atom. The van der Waals surface area contributed by atoms with Crippen LogP contribution in [0.4, 0.5) is 5.82 Å². The number of methoxy groups -OCH3 is 1. The van der Waals surface area contributed by atoms with E-state index in [0.29, 0.717) is 11.9 Å². The van der Waals surface area contributed by atoms with Gasteiger partial charge in [0.15, 0.2) is 0 Å². The first-order valence-corrected chi connectivity index (χ1v) is 11.2. The number of ether oxygens (including phenoxy) is 2. The van der Waals surface area contributed by atoms with E-state index in [0.717, 1.165) is 48.0 Å². The predicted octanol–water partition coefficient (Wildman–Crippen LogP) is 3.10. The predicted molar refractivity (Wildman–Crippen MR) is 115 cm³/mol. The summed E-state index contributed by atoms with van der Waals surface area (Å²) in [6.07, 6.45) is 6.70. The lowest BCUT2D eigenvalue weighted by molar-refractivity contribution is 0.0545. The minimum absolute atomic E-state index is 0.507. The van der Waals surface area contributed by atoms with Crippen molar-refractivity contribution in [2.24, 2.45) is 17.8 Å². The molecule has 5 rings (SSSR count). The summed E-state index contributed by atoms with van der Waals surface area (Å²) in [6, 6.07) is 8.33. The van der Waals surface area contributed by atoms with Crippen LogP contribution in [0.1, 0.15) is 25.7 Å². The molecule has 1 N–H and O–H groups in total. The fraction of sp³-hybridized carbons (Fsp3) is 0.609. The largest absolute Gasteiger partial charge is 0.481 e. The second kappa shape index (κ2) is 8.86. The van der Waals surface area contributed by atoms with Gasteiger partial charge in [-0.05, 0) is 61.6 Å². The molecule has 0 amide bonds. The van der Waals surface area contributed by atoms with Crippen molar-refractivity contribution in [3.63, 3.8) is 0 Å². The SMILES string of the molecule is COc1ccc(-c2ccc(NC3C[C@@H]4CN(CC5CCOCC5)C[C@@H]4C3)nn2)cn1. The Labute approximate surface area is 178 Å². The normalized spacial score (nSPS) is 27.2. The van der Waals surface area contributed by atoms with Gasteiger partial charge in [-0.1, -0.05) is 0 Å². The van der Waals surface area contributed by atoms with Gasteiger partial charge in [-0.3, -0.25) is 0 Å². The van der Waals surface area contributed by atoms with Gasteiger partial charge < -0.3 is 19.7 Å². The topological polar surface area (TPSA) is 72.4 Å². The molecular weight excluding hydrogens is 378 g/mol. The monoisotopic (exact) mass is 409 g/mol. The molecule has 2 aromatic heterocycles. The van der Waals surface area contributed by atoms with Gasteiger partial charge in [0.2, 0.25) is 5.88 Å². The Kier molecular flexibility index (Phi) is 5.82. The van der Waals surface area contributed by atoms with Gasteiger partial charge in [-0.15, -0.1) is 10.2 Å². The van der Waals surface area contributed by atoms with Gasteiger partial charge in [0.1, 0.15) is 5.82 Å². The maximum Gasteiger partial charge on any atom is 0.212 e. The smallest absolute Gasteiger partial charge is 0.212 e. The molecule has 1 saturated carbocycles. The highest BCUT2D eigenvalue weighted by molar-refractivity contribution is 5.58. The highest BCUT2D eigenvalue weighted by Crippen LogP contribution is 2.39. The van der Waals surface area contributed by atoms with Gasteiger partial charge in [-0.2, -0.15) is 0 Å². The van der Waals surface area contributed by atoms with E-state index in [2.05, 4.69) is 25.4 Å². The second-order valence-corrected chi connectivity index (χ2v) is 9.00. The molecule has 2 saturated heterocycles. The molecule has 3 aliphatic rings. The minimum Gasteiger partial charge on any atom is -0.481 e. The van der Waals surface area contributed by atoms with Crippen molar-refractivity contribution in [3.05, 3.63) is 30.5 Å². The molecule has 0 bridgehead atoms. The lowest BCUT2D eigenvalue weighted by Crippen LogP contribution is -2.32. The van der Waals surface area contributed by atoms with E-state index in [1.54, 1.807) is 13.3 Å². The van der Waals surface area contributed by atoms with Crippen LogP contribution in [0.5, 0.6) is 5.88 Å². The van der Waals surface area contributed by atoms with Crippen molar-refractivity contribution in [1.29, 1.82) is 0 Å². The molecule has 0 radical (unpaired) electrons. The van der Waals surface area contributed by atoms with Crippen LogP contribution < -0.4 is 10.1 Å². The standard InChI is InChI=1S/C23H31N5O2/c1-29-23-5-2-17(12-24-23)21-3-4-22(27-26-21)25-20-10-18-14-28(15-19(18)11-20)13-16-6-8-30-9-7-16/h2-5,12,16,18-20H,6-11,13-15H2,1H3,(H,25,27)/t18-,19+,20?. The zero-order valence-corrected chi connectivity index (χ0v) is 17.7. The summed E-state index contributed by atoms with van der Waals surface area (Å²) in [5.41, 5.74) is 1.76. The van der Waals surface area contributed by atoms with Crippen LogP contribution in [-0.2, 0) is 4.74 Å². The lowest BCUT2D eigenvalue weighted by Gasteiger charge is -2.27. The minimum atomic E-state index is 0.507. The van der Waals surface area contributed by atoms with Gasteiger partial charge in [0.05, 0.1) is 12.8 Å². The van der Waals surface area contributed by atoms with Crippen molar-refractivity contribution in [1.82, 2.24) is 20.1 Å². The number of likely N-dealkylation sites (tertiary alicyclic amines) is 1. The van der Waals surface area contributed by atoms with Crippen LogP contribution in [-0.4, -0.2) is 66.1 Å². The molecule has 7 heteroatoms. The van der Waals surface area contributed by atoms with E-state index in [1.807, 2.05) is 24.3 Å². The van der Waals surface area contributed by atoms with Crippen molar-refractivity contribution < 1.29 is 9.47 Å². The highest BCUT2D eigenvalue weighted by Gasteiger charge is 2.41. The molecule has 3 fully saturated rings. The molecule has 1 unspecified atom stereocenters. The van der Waals surface area contributed by atoms with E-state index in [1.165, 1.54) is 45.3 Å². The average Bonchev–Trinajstić information content (AvgIpc) is 3.33. The third kappa shape index (κ3) is 4.42. The number of hydrogen-bond acceptors (Lipinski definition) is 7. The van der Waals surface area contributed by atoms with Crippen molar-refractivity contribution in [3.8, 4) is 17.1 Å². The van der Waals surface area contributed by atoms with Crippen LogP contribution in [0.3, 0.4) is 0 Å². The van der Waals surface area contributed by atoms with Gasteiger partial charge in [-0.25, -0.2) is 4.98 Å². The number of nitrogens with one attached hydrogen (secondary N) is 1. The van der Waals surface area contributed by atoms with Gasteiger partial charge >= 0.3 is 0 Å². The molecule has 1 aliphatic carbocycles. The molecule has 0 aromatic carbocycles. The highest BCUT2D eigenvalue weighted by atomic mass is 16.5. The Balaban J connectivity index is 1.12. The van der Waals surface area contributed by atoms with E-state index in [9.17, 15) is 0 Å². The van der Waals surface area contributed by atoms with E-state index in [4.69, 9.17) is 9.47 Å². The van der Waals surface area contributed by atoms with Crippen molar-refractivity contribution in [2.75, 3.05) is 45.3 Å². The Morgan fingerprint density at radius 3 is 2.50 bits per heavy atom. The molecule has 4 heterocycles. The van der Waals surface area contributed by atoms with Crippen LogP contribution in [0.15, 0.2) is 30.5 Å². The number of anilines is 1. The summed E-state index contributed by atoms with van der Waals surface area (Å²) in [4.78, 5) is 6.95. The Bertz CT molecular complexity index is 808. The molecule has 30 heavy (non-hydrogen) atoms. The first-order chi connectivity index (χ1) is 14.8. The van der Waals surface area contributed by atoms with E-state index in [-0.39, 0.29) is 0 Å². The van der Waals surface area contributed by atoms with Crippen molar-refractivity contribution >= 4 is 5.82 Å². The first kappa shape index (κ1) is 19.7. The molecular formula is C23H31N5O2. The van der Waals surface area contributed by atoms with Gasteiger partial charge in [0, 0.05) is 56.7 Å². The molecule has 0 spiro atoms. The maximum absolute atomic E-state index is 5.51. The summed E-state index contributed by atoms with van der Waals surface area (Å²) in [5.74, 6) is 3.94.